The van der Waals surface area contributed by atoms with E-state index in [4.69, 9.17) is 9.47 Å². The largest absolute Gasteiger partial charge is 0.493 e. The maximum absolute atomic E-state index is 12.1. The molecular formula is C26H27N3O4. The monoisotopic (exact) mass is 445 g/mol. The molecule has 0 radical (unpaired) electrons. The van der Waals surface area contributed by atoms with Gasteiger partial charge in [0.1, 0.15) is 6.61 Å². The Balaban J connectivity index is 1.54. The van der Waals surface area contributed by atoms with E-state index in [1.165, 1.54) is 6.21 Å². The van der Waals surface area contributed by atoms with Crippen molar-refractivity contribution in [2.75, 3.05) is 12.4 Å². The van der Waals surface area contributed by atoms with Crippen LogP contribution in [0.3, 0.4) is 0 Å². The first kappa shape index (κ1) is 23.5. The van der Waals surface area contributed by atoms with Gasteiger partial charge in [-0.15, -0.1) is 0 Å². The highest BCUT2D eigenvalue weighted by Gasteiger charge is 2.13. The molecule has 0 aliphatic carbocycles. The molecular weight excluding hydrogens is 418 g/mol. The zero-order valence-corrected chi connectivity index (χ0v) is 18.9. The number of carbonyl (C=O) groups excluding carboxylic acids is 2. The average molecular weight is 446 g/mol. The molecule has 0 heterocycles. The first-order valence-corrected chi connectivity index (χ1v) is 10.6. The molecule has 33 heavy (non-hydrogen) atoms. The van der Waals surface area contributed by atoms with E-state index in [0.717, 1.165) is 11.1 Å². The molecule has 7 nitrogen and oxygen atoms in total. The van der Waals surface area contributed by atoms with E-state index in [1.54, 1.807) is 37.4 Å². The van der Waals surface area contributed by atoms with Crippen LogP contribution in [0.15, 0.2) is 77.9 Å². The number of anilines is 1. The Morgan fingerprint density at radius 3 is 2.33 bits per heavy atom. The summed E-state index contributed by atoms with van der Waals surface area (Å²) in [6.45, 7) is 4.58. The summed E-state index contributed by atoms with van der Waals surface area (Å²) >= 11 is 0. The van der Waals surface area contributed by atoms with Gasteiger partial charge in [0, 0.05) is 5.69 Å². The van der Waals surface area contributed by atoms with Gasteiger partial charge in [0.25, 0.3) is 0 Å². The molecule has 0 bridgehead atoms. The van der Waals surface area contributed by atoms with Crippen molar-refractivity contribution < 1.29 is 19.1 Å². The summed E-state index contributed by atoms with van der Waals surface area (Å²) in [5.41, 5.74) is 5.63. The first-order valence-electron chi connectivity index (χ1n) is 10.6. The first-order chi connectivity index (χ1) is 16.0. The van der Waals surface area contributed by atoms with Crippen molar-refractivity contribution in [2.45, 2.75) is 26.4 Å². The molecule has 3 aromatic carbocycles. The zero-order valence-electron chi connectivity index (χ0n) is 18.9. The van der Waals surface area contributed by atoms with Crippen LogP contribution in [-0.4, -0.2) is 25.1 Å². The maximum atomic E-state index is 12.1. The van der Waals surface area contributed by atoms with Crippen LogP contribution in [0.5, 0.6) is 11.5 Å². The second kappa shape index (κ2) is 11.5. The number of ether oxygens (including phenoxy) is 2. The molecule has 0 aliphatic heterocycles. The number of nitrogens with zero attached hydrogens (tertiary/aromatic N) is 1. The van der Waals surface area contributed by atoms with Crippen molar-refractivity contribution in [1.82, 2.24) is 5.43 Å². The normalized spacial score (nSPS) is 10.8. The highest BCUT2D eigenvalue weighted by atomic mass is 16.5. The number of hydrogen-bond acceptors (Lipinski definition) is 5. The molecule has 0 aromatic heterocycles. The Hall–Kier alpha value is -4.13. The van der Waals surface area contributed by atoms with Crippen molar-refractivity contribution in [3.63, 3.8) is 0 Å². The summed E-state index contributed by atoms with van der Waals surface area (Å²) in [6, 6.07) is 22.4. The number of carbonyl (C=O) groups is 2. The van der Waals surface area contributed by atoms with Gasteiger partial charge in [-0.2, -0.15) is 5.10 Å². The van der Waals surface area contributed by atoms with Crippen molar-refractivity contribution in [2.24, 2.45) is 5.10 Å². The van der Waals surface area contributed by atoms with E-state index in [0.29, 0.717) is 35.3 Å². The summed E-state index contributed by atoms with van der Waals surface area (Å²) in [5, 5.41) is 6.41. The van der Waals surface area contributed by atoms with E-state index in [9.17, 15) is 9.59 Å². The third-order valence-corrected chi connectivity index (χ3v) is 4.85. The minimum Gasteiger partial charge on any atom is -0.493 e. The van der Waals surface area contributed by atoms with Gasteiger partial charge in [-0.25, -0.2) is 5.43 Å². The van der Waals surface area contributed by atoms with Gasteiger partial charge in [-0.05, 0) is 52.9 Å². The van der Waals surface area contributed by atoms with Gasteiger partial charge in [0.15, 0.2) is 11.5 Å². The minimum absolute atomic E-state index is 0.385. The smallest absolute Gasteiger partial charge is 0.329 e. The van der Waals surface area contributed by atoms with Gasteiger partial charge in [0.2, 0.25) is 0 Å². The molecule has 0 saturated heterocycles. The maximum Gasteiger partial charge on any atom is 0.329 e. The summed E-state index contributed by atoms with van der Waals surface area (Å²) in [4.78, 5) is 24.1. The molecule has 170 valence electrons. The van der Waals surface area contributed by atoms with E-state index in [-0.39, 0.29) is 0 Å². The third-order valence-electron chi connectivity index (χ3n) is 4.85. The van der Waals surface area contributed by atoms with Crippen LogP contribution in [0.2, 0.25) is 0 Å². The number of hydrazone groups is 1. The number of nitrogens with one attached hydrogen (secondary N) is 2. The SMILES string of the molecule is COc1cc(/C=N\NC(=O)C(=O)Nc2ccc(C(C)C)cc2)ccc1OCc1ccccc1. The van der Waals surface area contributed by atoms with Crippen molar-refractivity contribution in [3.05, 3.63) is 89.5 Å². The highest BCUT2D eigenvalue weighted by Crippen LogP contribution is 2.28. The predicted octanol–water partition coefficient (Wildman–Crippen LogP) is 4.49. The number of hydrogen-bond donors (Lipinski definition) is 2. The zero-order chi connectivity index (χ0) is 23.6. The fourth-order valence-electron chi connectivity index (χ4n) is 2.97. The molecule has 0 spiro atoms. The lowest BCUT2D eigenvalue weighted by Gasteiger charge is -2.11. The Morgan fingerprint density at radius 1 is 0.939 bits per heavy atom. The minimum atomic E-state index is -0.867. The Morgan fingerprint density at radius 2 is 1.67 bits per heavy atom. The number of methoxy groups -OCH3 is 1. The molecule has 2 N–H and O–H groups in total. The third kappa shape index (κ3) is 6.93. The molecule has 0 atom stereocenters. The summed E-state index contributed by atoms with van der Waals surface area (Å²) in [7, 11) is 1.55. The van der Waals surface area contributed by atoms with Crippen LogP contribution in [0.25, 0.3) is 0 Å². The second-order valence-corrected chi connectivity index (χ2v) is 7.61. The molecule has 7 heteroatoms. The van der Waals surface area contributed by atoms with Crippen molar-refractivity contribution in [1.29, 1.82) is 0 Å². The van der Waals surface area contributed by atoms with Crippen LogP contribution in [-0.2, 0) is 16.2 Å². The van der Waals surface area contributed by atoms with Gasteiger partial charge >= 0.3 is 11.8 Å². The molecule has 3 rings (SSSR count). The van der Waals surface area contributed by atoms with Crippen molar-refractivity contribution >= 4 is 23.7 Å². The highest BCUT2D eigenvalue weighted by molar-refractivity contribution is 6.39. The predicted molar refractivity (Wildman–Crippen MR) is 129 cm³/mol. The van der Waals surface area contributed by atoms with Crippen LogP contribution >= 0.6 is 0 Å². The van der Waals surface area contributed by atoms with E-state index in [2.05, 4.69) is 29.7 Å². The fourth-order valence-corrected chi connectivity index (χ4v) is 2.97. The summed E-state index contributed by atoms with van der Waals surface area (Å²) in [5.74, 6) is -0.162. The lowest BCUT2D eigenvalue weighted by Crippen LogP contribution is -2.32. The number of rotatable bonds is 8. The van der Waals surface area contributed by atoms with Crippen LogP contribution in [0.4, 0.5) is 5.69 Å². The van der Waals surface area contributed by atoms with Crippen LogP contribution < -0.4 is 20.2 Å². The quantitative estimate of drug-likeness (QED) is 0.304. The molecule has 0 aliphatic rings. The Bertz CT molecular complexity index is 1110. The topological polar surface area (TPSA) is 89.0 Å². The molecule has 0 fully saturated rings. The number of amides is 2. The van der Waals surface area contributed by atoms with Crippen molar-refractivity contribution in [3.8, 4) is 11.5 Å². The summed E-state index contributed by atoms with van der Waals surface area (Å²) < 4.78 is 11.2. The van der Waals surface area contributed by atoms with E-state index >= 15 is 0 Å². The number of benzene rings is 3. The van der Waals surface area contributed by atoms with Gasteiger partial charge in [-0.1, -0.05) is 56.3 Å². The summed E-state index contributed by atoms with van der Waals surface area (Å²) in [6.07, 6.45) is 1.42. The molecule has 0 saturated carbocycles. The van der Waals surface area contributed by atoms with Gasteiger partial charge in [-0.3, -0.25) is 9.59 Å². The van der Waals surface area contributed by atoms with Crippen LogP contribution in [0, 0.1) is 0 Å². The Kier molecular flexibility index (Phi) is 8.18. The molecule has 0 unspecified atom stereocenters. The van der Waals surface area contributed by atoms with Gasteiger partial charge in [0.05, 0.1) is 13.3 Å². The lowest BCUT2D eigenvalue weighted by molar-refractivity contribution is -0.136. The molecule has 2 amide bonds. The standard InChI is InChI=1S/C26H27N3O4/c1-18(2)21-10-12-22(13-11-21)28-25(30)26(31)29-27-16-20-9-14-23(24(15-20)32-3)33-17-19-7-5-4-6-8-19/h4-16,18H,17H2,1-3H3,(H,28,30)(H,29,31)/b27-16-. The van der Waals surface area contributed by atoms with Crippen LogP contribution in [0.1, 0.15) is 36.5 Å². The fraction of sp³-hybridized carbons (Fsp3) is 0.192. The van der Waals surface area contributed by atoms with E-state index < -0.39 is 11.8 Å². The van der Waals surface area contributed by atoms with E-state index in [1.807, 2.05) is 42.5 Å². The second-order valence-electron chi connectivity index (χ2n) is 7.61. The molecule has 3 aromatic rings. The van der Waals surface area contributed by atoms with Gasteiger partial charge < -0.3 is 14.8 Å². The Labute approximate surface area is 193 Å². The average Bonchev–Trinajstić information content (AvgIpc) is 2.83. The lowest BCUT2D eigenvalue weighted by atomic mass is 10.0.